The predicted octanol–water partition coefficient (Wildman–Crippen LogP) is 3.71. The van der Waals surface area contributed by atoms with Crippen LogP contribution in [0.4, 0.5) is 0 Å². The number of ketones is 1. The number of Topliss-reactive ketones (excluding diaryl/α,β-unsaturated/α-hetero) is 1. The SMILES string of the molecule is O=C1/C(=C/c2ccccc2)Oc2c1ccc1c2C=CCO1. The minimum atomic E-state index is -0.0874. The summed E-state index contributed by atoms with van der Waals surface area (Å²) in [4.78, 5) is 12.4. The molecule has 2 heterocycles. The molecular weight excluding hydrogens is 264 g/mol. The lowest BCUT2D eigenvalue weighted by Gasteiger charge is -2.14. The normalized spacial score (nSPS) is 17.1. The second kappa shape index (κ2) is 4.63. The standard InChI is InChI=1S/C18H12O3/c19-17-14-8-9-15-13(7-4-10-20-15)18(14)21-16(17)11-12-5-2-1-3-6-12/h1-9,11H,10H2/b16-11-. The van der Waals surface area contributed by atoms with E-state index in [0.29, 0.717) is 23.7 Å². The molecule has 0 N–H and O–H groups in total. The summed E-state index contributed by atoms with van der Waals surface area (Å²) < 4.78 is 11.3. The van der Waals surface area contributed by atoms with Gasteiger partial charge in [0.25, 0.3) is 0 Å². The summed E-state index contributed by atoms with van der Waals surface area (Å²) >= 11 is 0. The second-order valence-corrected chi connectivity index (χ2v) is 4.92. The number of fused-ring (bicyclic) bond motifs is 3. The molecule has 0 saturated carbocycles. The lowest BCUT2D eigenvalue weighted by molar-refractivity contribution is 0.101. The number of carbonyl (C=O) groups excluding carboxylic acids is 1. The molecule has 0 radical (unpaired) electrons. The van der Waals surface area contributed by atoms with E-state index >= 15 is 0 Å². The summed E-state index contributed by atoms with van der Waals surface area (Å²) in [5, 5.41) is 0. The Morgan fingerprint density at radius 2 is 1.90 bits per heavy atom. The fourth-order valence-electron chi connectivity index (χ4n) is 2.54. The molecular formula is C18H12O3. The summed E-state index contributed by atoms with van der Waals surface area (Å²) in [6.45, 7) is 0.548. The molecule has 3 nitrogen and oxygen atoms in total. The summed E-state index contributed by atoms with van der Waals surface area (Å²) in [7, 11) is 0. The van der Waals surface area contributed by atoms with Crippen LogP contribution in [0.3, 0.4) is 0 Å². The van der Waals surface area contributed by atoms with Crippen molar-refractivity contribution in [3.05, 3.63) is 71.0 Å². The fourth-order valence-corrected chi connectivity index (χ4v) is 2.54. The van der Waals surface area contributed by atoms with Crippen LogP contribution in [-0.2, 0) is 0 Å². The Bertz CT molecular complexity index is 786. The molecule has 102 valence electrons. The van der Waals surface area contributed by atoms with Gasteiger partial charge in [0.2, 0.25) is 5.78 Å². The molecule has 0 unspecified atom stereocenters. The molecule has 2 aliphatic rings. The fraction of sp³-hybridized carbons (Fsp3) is 0.0556. The highest BCUT2D eigenvalue weighted by Crippen LogP contribution is 2.41. The minimum Gasteiger partial charge on any atom is -0.489 e. The average Bonchev–Trinajstić information content (AvgIpc) is 2.85. The van der Waals surface area contributed by atoms with Gasteiger partial charge in [-0.1, -0.05) is 30.3 Å². The number of ether oxygens (including phenoxy) is 2. The molecule has 0 amide bonds. The first-order valence-corrected chi connectivity index (χ1v) is 6.78. The molecule has 2 aliphatic heterocycles. The minimum absolute atomic E-state index is 0.0874. The van der Waals surface area contributed by atoms with Crippen molar-refractivity contribution < 1.29 is 14.3 Å². The average molecular weight is 276 g/mol. The van der Waals surface area contributed by atoms with Crippen LogP contribution in [0.15, 0.2) is 54.3 Å². The van der Waals surface area contributed by atoms with E-state index in [1.165, 1.54) is 0 Å². The van der Waals surface area contributed by atoms with E-state index in [-0.39, 0.29) is 5.78 Å². The lowest BCUT2D eigenvalue weighted by atomic mass is 10.0. The molecule has 0 aliphatic carbocycles. The van der Waals surface area contributed by atoms with Crippen LogP contribution in [0, 0.1) is 0 Å². The monoisotopic (exact) mass is 276 g/mol. The van der Waals surface area contributed by atoms with Gasteiger partial charge in [-0.3, -0.25) is 4.79 Å². The van der Waals surface area contributed by atoms with E-state index in [0.717, 1.165) is 16.9 Å². The second-order valence-electron chi connectivity index (χ2n) is 4.92. The van der Waals surface area contributed by atoms with Crippen LogP contribution in [0.2, 0.25) is 0 Å². The van der Waals surface area contributed by atoms with E-state index in [1.54, 1.807) is 12.1 Å². The molecule has 0 fully saturated rings. The van der Waals surface area contributed by atoms with Crippen LogP contribution in [0.25, 0.3) is 12.2 Å². The van der Waals surface area contributed by atoms with Crippen LogP contribution in [0.5, 0.6) is 11.5 Å². The van der Waals surface area contributed by atoms with Gasteiger partial charge in [0.15, 0.2) is 5.76 Å². The van der Waals surface area contributed by atoms with Crippen molar-refractivity contribution >= 4 is 17.9 Å². The van der Waals surface area contributed by atoms with Crippen molar-refractivity contribution in [3.8, 4) is 11.5 Å². The maximum Gasteiger partial charge on any atom is 0.231 e. The van der Waals surface area contributed by atoms with Gasteiger partial charge in [-0.2, -0.15) is 0 Å². The Morgan fingerprint density at radius 3 is 2.76 bits per heavy atom. The van der Waals surface area contributed by atoms with Gasteiger partial charge in [0, 0.05) is 0 Å². The van der Waals surface area contributed by atoms with Crippen LogP contribution < -0.4 is 9.47 Å². The van der Waals surface area contributed by atoms with E-state index in [4.69, 9.17) is 9.47 Å². The number of hydrogen-bond acceptors (Lipinski definition) is 3. The third-order valence-electron chi connectivity index (χ3n) is 3.55. The number of allylic oxidation sites excluding steroid dienone is 1. The summed E-state index contributed by atoms with van der Waals surface area (Å²) in [5.74, 6) is 1.61. The van der Waals surface area contributed by atoms with Gasteiger partial charge in [0.05, 0.1) is 11.1 Å². The van der Waals surface area contributed by atoms with Crippen molar-refractivity contribution in [2.45, 2.75) is 0 Å². The third kappa shape index (κ3) is 1.94. The van der Waals surface area contributed by atoms with Gasteiger partial charge in [-0.15, -0.1) is 0 Å². The smallest absolute Gasteiger partial charge is 0.231 e. The molecule has 2 aromatic carbocycles. The predicted molar refractivity (Wildman–Crippen MR) is 80.3 cm³/mol. The van der Waals surface area contributed by atoms with Crippen molar-refractivity contribution in [1.82, 2.24) is 0 Å². The highest BCUT2D eigenvalue weighted by atomic mass is 16.5. The van der Waals surface area contributed by atoms with Crippen molar-refractivity contribution in [2.24, 2.45) is 0 Å². The maximum absolute atomic E-state index is 12.4. The Kier molecular flexibility index (Phi) is 2.64. The number of rotatable bonds is 1. The number of carbonyl (C=O) groups is 1. The van der Waals surface area contributed by atoms with E-state index in [2.05, 4.69) is 0 Å². The summed E-state index contributed by atoms with van der Waals surface area (Å²) in [5.41, 5.74) is 2.36. The van der Waals surface area contributed by atoms with E-state index in [1.807, 2.05) is 48.6 Å². The van der Waals surface area contributed by atoms with Crippen molar-refractivity contribution in [3.63, 3.8) is 0 Å². The number of hydrogen-bond donors (Lipinski definition) is 0. The van der Waals surface area contributed by atoms with Gasteiger partial charge in [0.1, 0.15) is 18.1 Å². The molecule has 0 saturated heterocycles. The lowest BCUT2D eigenvalue weighted by Crippen LogP contribution is -2.01. The molecule has 0 bridgehead atoms. The molecule has 0 spiro atoms. The zero-order valence-electron chi connectivity index (χ0n) is 11.2. The Balaban J connectivity index is 1.79. The molecule has 2 aromatic rings. The highest BCUT2D eigenvalue weighted by Gasteiger charge is 2.31. The zero-order chi connectivity index (χ0) is 14.2. The van der Waals surface area contributed by atoms with Crippen LogP contribution in [-0.4, -0.2) is 12.4 Å². The topological polar surface area (TPSA) is 35.5 Å². The summed E-state index contributed by atoms with van der Waals surface area (Å²) in [6.07, 6.45) is 5.62. The molecule has 0 aromatic heterocycles. The van der Waals surface area contributed by atoms with Crippen molar-refractivity contribution in [1.29, 1.82) is 0 Å². The van der Waals surface area contributed by atoms with Gasteiger partial charge >= 0.3 is 0 Å². The van der Waals surface area contributed by atoms with E-state index in [9.17, 15) is 4.79 Å². The Hall–Kier alpha value is -2.81. The first-order valence-electron chi connectivity index (χ1n) is 6.78. The molecule has 4 rings (SSSR count). The largest absolute Gasteiger partial charge is 0.489 e. The Morgan fingerprint density at radius 1 is 1.05 bits per heavy atom. The molecule has 3 heteroatoms. The maximum atomic E-state index is 12.4. The highest BCUT2D eigenvalue weighted by molar-refractivity contribution is 6.15. The first-order chi connectivity index (χ1) is 10.3. The van der Waals surface area contributed by atoms with Crippen LogP contribution in [0.1, 0.15) is 21.5 Å². The zero-order valence-corrected chi connectivity index (χ0v) is 11.2. The third-order valence-corrected chi connectivity index (χ3v) is 3.55. The summed E-state index contributed by atoms with van der Waals surface area (Å²) in [6, 6.07) is 13.3. The van der Waals surface area contributed by atoms with Gasteiger partial charge in [-0.05, 0) is 35.9 Å². The quantitative estimate of drug-likeness (QED) is 0.745. The Labute approximate surface area is 122 Å². The van der Waals surface area contributed by atoms with Gasteiger partial charge < -0.3 is 9.47 Å². The molecule has 21 heavy (non-hydrogen) atoms. The van der Waals surface area contributed by atoms with Crippen molar-refractivity contribution in [2.75, 3.05) is 6.61 Å². The van der Waals surface area contributed by atoms with E-state index < -0.39 is 0 Å². The van der Waals surface area contributed by atoms with Crippen LogP contribution >= 0.6 is 0 Å². The first kappa shape index (κ1) is 12.0. The van der Waals surface area contributed by atoms with Gasteiger partial charge in [-0.25, -0.2) is 0 Å². The number of benzene rings is 2. The molecule has 0 atom stereocenters.